The van der Waals surface area contributed by atoms with Crippen LogP contribution in [0.4, 0.5) is 5.69 Å². The maximum atomic E-state index is 12.5. The molecule has 1 aliphatic rings. The van der Waals surface area contributed by atoms with Crippen LogP contribution in [0.25, 0.3) is 0 Å². The molecule has 2 atom stereocenters. The van der Waals surface area contributed by atoms with E-state index in [1.807, 2.05) is 37.4 Å². The third-order valence-electron chi connectivity index (χ3n) is 5.21. The molecule has 0 saturated carbocycles. The van der Waals surface area contributed by atoms with Crippen molar-refractivity contribution in [3.05, 3.63) is 48.0 Å². The predicted molar refractivity (Wildman–Crippen MR) is 105 cm³/mol. The van der Waals surface area contributed by atoms with E-state index in [9.17, 15) is 9.59 Å². The number of amides is 2. The van der Waals surface area contributed by atoms with Crippen molar-refractivity contribution in [3.63, 3.8) is 0 Å². The van der Waals surface area contributed by atoms with E-state index in [1.165, 1.54) is 5.56 Å². The summed E-state index contributed by atoms with van der Waals surface area (Å²) >= 11 is 0. The van der Waals surface area contributed by atoms with Gasteiger partial charge in [0.15, 0.2) is 0 Å². The molecule has 1 aromatic carbocycles. The van der Waals surface area contributed by atoms with Gasteiger partial charge < -0.3 is 14.8 Å². The second-order valence-corrected chi connectivity index (χ2v) is 7.40. The van der Waals surface area contributed by atoms with E-state index in [0.717, 1.165) is 24.5 Å². The molecular formula is C21H28N4O2. The Labute approximate surface area is 160 Å². The molecule has 144 valence electrons. The number of aryl methyl sites for hydroxylation is 2. The molecule has 6 nitrogen and oxygen atoms in total. The summed E-state index contributed by atoms with van der Waals surface area (Å²) in [5.41, 5.74) is 2.11. The van der Waals surface area contributed by atoms with Crippen molar-refractivity contribution in [2.75, 3.05) is 18.0 Å². The van der Waals surface area contributed by atoms with E-state index in [4.69, 9.17) is 0 Å². The zero-order valence-corrected chi connectivity index (χ0v) is 16.3. The van der Waals surface area contributed by atoms with Gasteiger partial charge in [-0.25, -0.2) is 4.98 Å². The second-order valence-electron chi connectivity index (χ2n) is 7.40. The Morgan fingerprint density at radius 3 is 2.70 bits per heavy atom. The lowest BCUT2D eigenvalue weighted by Crippen LogP contribution is -2.36. The number of nitrogens with zero attached hydrogens (tertiary/aromatic N) is 3. The Bertz CT molecular complexity index is 797. The van der Waals surface area contributed by atoms with Crippen LogP contribution in [0.5, 0.6) is 0 Å². The Morgan fingerprint density at radius 1 is 1.33 bits per heavy atom. The number of benzene rings is 1. The number of carbonyl (C=O) groups excluding carboxylic acids is 2. The average molecular weight is 368 g/mol. The van der Waals surface area contributed by atoms with Gasteiger partial charge in [0.25, 0.3) is 0 Å². The molecule has 1 N–H and O–H groups in total. The van der Waals surface area contributed by atoms with E-state index in [-0.39, 0.29) is 30.1 Å². The van der Waals surface area contributed by atoms with Gasteiger partial charge in [0.1, 0.15) is 5.82 Å². The van der Waals surface area contributed by atoms with Crippen molar-refractivity contribution in [1.82, 2.24) is 14.9 Å². The van der Waals surface area contributed by atoms with Crippen LogP contribution in [0.2, 0.25) is 0 Å². The standard InChI is InChI=1S/C21H28N4O2/c1-4-17-5-7-19(8-6-17)25-14-18(11-20(25)26)21(27)23-12-15(2)13-24-10-9-22-16(24)3/h5-10,15,18H,4,11-14H2,1-3H3,(H,23,27). The van der Waals surface area contributed by atoms with Gasteiger partial charge in [-0.3, -0.25) is 9.59 Å². The largest absolute Gasteiger partial charge is 0.355 e. The van der Waals surface area contributed by atoms with Crippen LogP contribution in [0.3, 0.4) is 0 Å². The van der Waals surface area contributed by atoms with Crippen LogP contribution < -0.4 is 10.2 Å². The van der Waals surface area contributed by atoms with E-state index in [2.05, 4.69) is 28.7 Å². The van der Waals surface area contributed by atoms with Crippen LogP contribution in [0.1, 0.15) is 31.7 Å². The molecule has 1 aliphatic heterocycles. The van der Waals surface area contributed by atoms with Crippen LogP contribution in [0.15, 0.2) is 36.7 Å². The number of hydrogen-bond acceptors (Lipinski definition) is 3. The van der Waals surface area contributed by atoms with Crippen LogP contribution >= 0.6 is 0 Å². The normalized spacial score (nSPS) is 18.0. The number of nitrogens with one attached hydrogen (secondary N) is 1. The molecule has 2 unspecified atom stereocenters. The quantitative estimate of drug-likeness (QED) is 0.817. The first-order valence-electron chi connectivity index (χ1n) is 9.62. The zero-order valence-electron chi connectivity index (χ0n) is 16.3. The molecule has 0 bridgehead atoms. The van der Waals surface area contributed by atoms with Crippen molar-refractivity contribution in [2.45, 2.75) is 40.2 Å². The fourth-order valence-electron chi connectivity index (χ4n) is 3.46. The van der Waals surface area contributed by atoms with Crippen molar-refractivity contribution >= 4 is 17.5 Å². The molecule has 1 saturated heterocycles. The minimum atomic E-state index is -0.287. The molecule has 0 radical (unpaired) electrons. The molecule has 0 aliphatic carbocycles. The highest BCUT2D eigenvalue weighted by atomic mass is 16.2. The summed E-state index contributed by atoms with van der Waals surface area (Å²) in [6, 6.07) is 8.00. The third-order valence-corrected chi connectivity index (χ3v) is 5.21. The molecule has 2 heterocycles. The van der Waals surface area contributed by atoms with E-state index in [1.54, 1.807) is 11.1 Å². The lowest BCUT2D eigenvalue weighted by atomic mass is 10.1. The van der Waals surface area contributed by atoms with Crippen LogP contribution in [-0.4, -0.2) is 34.5 Å². The summed E-state index contributed by atoms with van der Waals surface area (Å²) < 4.78 is 2.08. The minimum absolute atomic E-state index is 0.0153. The number of carbonyl (C=O) groups is 2. The number of aromatic nitrogens is 2. The number of rotatable bonds is 7. The Kier molecular flexibility index (Phi) is 5.94. The minimum Gasteiger partial charge on any atom is -0.355 e. The maximum absolute atomic E-state index is 12.5. The van der Waals surface area contributed by atoms with Crippen LogP contribution in [0, 0.1) is 18.8 Å². The summed E-state index contributed by atoms with van der Waals surface area (Å²) in [4.78, 5) is 30.8. The van der Waals surface area contributed by atoms with Gasteiger partial charge in [0.05, 0.1) is 5.92 Å². The van der Waals surface area contributed by atoms with Gasteiger partial charge >= 0.3 is 0 Å². The van der Waals surface area contributed by atoms with Crippen molar-refractivity contribution in [2.24, 2.45) is 11.8 Å². The number of imidazole rings is 1. The van der Waals surface area contributed by atoms with Gasteiger partial charge in [0.2, 0.25) is 11.8 Å². The fraction of sp³-hybridized carbons (Fsp3) is 0.476. The predicted octanol–water partition coefficient (Wildman–Crippen LogP) is 2.56. The average Bonchev–Trinajstić information content (AvgIpc) is 3.25. The maximum Gasteiger partial charge on any atom is 0.227 e. The first kappa shape index (κ1) is 19.1. The highest BCUT2D eigenvalue weighted by molar-refractivity contribution is 6.00. The molecule has 0 spiro atoms. The molecule has 27 heavy (non-hydrogen) atoms. The van der Waals surface area contributed by atoms with E-state index >= 15 is 0 Å². The summed E-state index contributed by atoms with van der Waals surface area (Å²) in [5, 5.41) is 3.02. The lowest BCUT2D eigenvalue weighted by Gasteiger charge is -2.18. The lowest BCUT2D eigenvalue weighted by molar-refractivity contribution is -0.126. The van der Waals surface area contributed by atoms with Crippen molar-refractivity contribution < 1.29 is 9.59 Å². The Balaban J connectivity index is 1.51. The molecule has 2 amide bonds. The second kappa shape index (κ2) is 8.37. The van der Waals surface area contributed by atoms with Gasteiger partial charge in [-0.2, -0.15) is 0 Å². The summed E-state index contributed by atoms with van der Waals surface area (Å²) in [6.07, 6.45) is 4.98. The third kappa shape index (κ3) is 4.56. The highest BCUT2D eigenvalue weighted by Gasteiger charge is 2.35. The Hall–Kier alpha value is -2.63. The zero-order chi connectivity index (χ0) is 19.4. The van der Waals surface area contributed by atoms with E-state index < -0.39 is 0 Å². The summed E-state index contributed by atoms with van der Waals surface area (Å²) in [7, 11) is 0. The number of anilines is 1. The van der Waals surface area contributed by atoms with E-state index in [0.29, 0.717) is 13.1 Å². The molecule has 1 fully saturated rings. The van der Waals surface area contributed by atoms with Gasteiger partial charge in [0, 0.05) is 44.1 Å². The topological polar surface area (TPSA) is 67.2 Å². The molecule has 6 heteroatoms. The van der Waals surface area contributed by atoms with Gasteiger partial charge in [-0.05, 0) is 37.0 Å². The molecule has 1 aromatic heterocycles. The molecule has 3 rings (SSSR count). The molecular weight excluding hydrogens is 340 g/mol. The van der Waals surface area contributed by atoms with Crippen LogP contribution in [-0.2, 0) is 22.6 Å². The smallest absolute Gasteiger partial charge is 0.227 e. The first-order valence-corrected chi connectivity index (χ1v) is 9.62. The summed E-state index contributed by atoms with van der Waals surface area (Å²) in [6.45, 7) is 8.02. The van der Waals surface area contributed by atoms with Crippen molar-refractivity contribution in [1.29, 1.82) is 0 Å². The summed E-state index contributed by atoms with van der Waals surface area (Å²) in [5.74, 6) is 0.952. The first-order chi connectivity index (χ1) is 13.0. The fourth-order valence-corrected chi connectivity index (χ4v) is 3.46. The highest BCUT2D eigenvalue weighted by Crippen LogP contribution is 2.25. The van der Waals surface area contributed by atoms with Gasteiger partial charge in [-0.1, -0.05) is 26.0 Å². The Morgan fingerprint density at radius 2 is 2.07 bits per heavy atom. The molecule has 2 aromatic rings. The number of hydrogen-bond donors (Lipinski definition) is 1. The van der Waals surface area contributed by atoms with Crippen molar-refractivity contribution in [3.8, 4) is 0 Å². The van der Waals surface area contributed by atoms with Gasteiger partial charge in [-0.15, -0.1) is 0 Å². The monoisotopic (exact) mass is 368 g/mol. The SMILES string of the molecule is CCc1ccc(N2CC(C(=O)NCC(C)Cn3ccnc3C)CC2=O)cc1.